The van der Waals surface area contributed by atoms with Crippen LogP contribution in [-0.2, 0) is 6.18 Å². The van der Waals surface area contributed by atoms with E-state index in [9.17, 15) is 13.2 Å². The highest BCUT2D eigenvalue weighted by Crippen LogP contribution is 2.40. The van der Waals surface area contributed by atoms with E-state index in [1.807, 2.05) is 18.3 Å². The lowest BCUT2D eigenvalue weighted by Crippen LogP contribution is -2.48. The largest absolute Gasteiger partial charge is 0.493 e. The maximum Gasteiger partial charge on any atom is 0.416 e. The summed E-state index contributed by atoms with van der Waals surface area (Å²) in [5.74, 6) is 0.366. The lowest BCUT2D eigenvalue weighted by molar-refractivity contribution is -0.137. The van der Waals surface area contributed by atoms with E-state index in [4.69, 9.17) is 4.74 Å². The summed E-state index contributed by atoms with van der Waals surface area (Å²) in [6.45, 7) is 3.92. The Morgan fingerprint density at radius 3 is 2.58 bits per heavy atom. The van der Waals surface area contributed by atoms with Crippen LogP contribution in [0, 0.1) is 0 Å². The van der Waals surface area contributed by atoms with Crippen molar-refractivity contribution >= 4 is 5.69 Å². The lowest BCUT2D eigenvalue weighted by Gasteiger charge is -2.42. The predicted octanol–water partition coefficient (Wildman–Crippen LogP) is 3.75. The van der Waals surface area contributed by atoms with E-state index in [1.54, 1.807) is 12.3 Å². The van der Waals surface area contributed by atoms with Crippen molar-refractivity contribution < 1.29 is 17.9 Å². The van der Waals surface area contributed by atoms with Gasteiger partial charge in [-0.25, -0.2) is 0 Å². The van der Waals surface area contributed by atoms with Gasteiger partial charge in [0.15, 0.2) is 0 Å². The number of benzene rings is 1. The molecule has 0 amide bonds. The second kappa shape index (κ2) is 6.79. The topological polar surface area (TPSA) is 28.6 Å². The van der Waals surface area contributed by atoms with Gasteiger partial charge in [0.2, 0.25) is 0 Å². The normalized spacial score (nSPS) is 21.2. The third-order valence-corrected chi connectivity index (χ3v) is 5.11. The van der Waals surface area contributed by atoms with E-state index in [0.29, 0.717) is 12.4 Å². The molecule has 138 valence electrons. The van der Waals surface area contributed by atoms with Crippen molar-refractivity contribution in [3.63, 3.8) is 0 Å². The summed E-state index contributed by atoms with van der Waals surface area (Å²) in [5, 5.41) is 0. The molecule has 1 atom stereocenters. The van der Waals surface area contributed by atoms with Gasteiger partial charge in [-0.15, -0.1) is 0 Å². The molecule has 4 rings (SSSR count). The van der Waals surface area contributed by atoms with E-state index in [1.165, 1.54) is 0 Å². The van der Waals surface area contributed by atoms with Gasteiger partial charge in [-0.3, -0.25) is 9.88 Å². The van der Waals surface area contributed by atoms with E-state index in [2.05, 4.69) is 14.8 Å². The highest BCUT2D eigenvalue weighted by Gasteiger charge is 2.34. The monoisotopic (exact) mass is 363 g/mol. The van der Waals surface area contributed by atoms with E-state index < -0.39 is 11.7 Å². The van der Waals surface area contributed by atoms with Gasteiger partial charge in [0.25, 0.3) is 0 Å². The van der Waals surface area contributed by atoms with Gasteiger partial charge in [0.05, 0.1) is 24.1 Å². The number of anilines is 1. The minimum Gasteiger partial charge on any atom is -0.493 e. The number of rotatable bonds is 2. The number of nitrogens with zero attached hydrogens (tertiary/aromatic N) is 3. The average molecular weight is 363 g/mol. The number of piperazine rings is 1. The number of hydrogen-bond acceptors (Lipinski definition) is 4. The first-order valence-electron chi connectivity index (χ1n) is 8.75. The van der Waals surface area contributed by atoms with Crippen LogP contribution in [0.4, 0.5) is 18.9 Å². The molecule has 2 aliphatic heterocycles. The number of fused-ring (bicyclic) bond motifs is 1. The van der Waals surface area contributed by atoms with Crippen LogP contribution in [0.3, 0.4) is 0 Å². The van der Waals surface area contributed by atoms with Crippen LogP contribution in [0.5, 0.6) is 5.75 Å². The smallest absolute Gasteiger partial charge is 0.416 e. The molecule has 0 aliphatic carbocycles. The second-order valence-electron chi connectivity index (χ2n) is 6.64. The van der Waals surface area contributed by atoms with Gasteiger partial charge in [0, 0.05) is 50.4 Å². The molecule has 1 saturated heterocycles. The number of alkyl halides is 3. The zero-order valence-electron chi connectivity index (χ0n) is 14.2. The number of pyridine rings is 1. The first kappa shape index (κ1) is 17.1. The molecule has 0 bridgehead atoms. The zero-order chi connectivity index (χ0) is 18.1. The third kappa shape index (κ3) is 3.35. The van der Waals surface area contributed by atoms with E-state index in [0.717, 1.165) is 56.0 Å². The predicted molar refractivity (Wildman–Crippen MR) is 92.3 cm³/mol. The number of halogens is 3. The molecule has 1 aromatic heterocycles. The molecule has 1 fully saturated rings. The van der Waals surface area contributed by atoms with Crippen LogP contribution in [0.25, 0.3) is 0 Å². The van der Waals surface area contributed by atoms with Crippen molar-refractivity contribution in [3.05, 3.63) is 53.9 Å². The van der Waals surface area contributed by atoms with Gasteiger partial charge in [-0.2, -0.15) is 13.2 Å². The Morgan fingerprint density at radius 2 is 1.88 bits per heavy atom. The number of ether oxygens (including phenoxy) is 1. The maximum absolute atomic E-state index is 12.9. The summed E-state index contributed by atoms with van der Waals surface area (Å²) in [5.41, 5.74) is 1.31. The van der Waals surface area contributed by atoms with Crippen molar-refractivity contribution in [1.29, 1.82) is 0 Å². The Bertz CT molecular complexity index is 758. The first-order valence-corrected chi connectivity index (χ1v) is 8.75. The molecule has 0 saturated carbocycles. The van der Waals surface area contributed by atoms with Crippen molar-refractivity contribution in [2.75, 3.05) is 37.7 Å². The maximum atomic E-state index is 12.9. The highest BCUT2D eigenvalue weighted by atomic mass is 19.4. The molecular formula is C19H20F3N3O. The summed E-state index contributed by atoms with van der Waals surface area (Å²) in [7, 11) is 0. The molecule has 1 unspecified atom stereocenters. The van der Waals surface area contributed by atoms with Crippen molar-refractivity contribution in [3.8, 4) is 5.75 Å². The Hall–Kier alpha value is -2.28. The molecule has 2 aliphatic rings. The van der Waals surface area contributed by atoms with Crippen molar-refractivity contribution in [1.82, 2.24) is 9.88 Å². The molecule has 0 spiro atoms. The Morgan fingerprint density at radius 1 is 1.08 bits per heavy atom. The van der Waals surface area contributed by atoms with Crippen LogP contribution in [0.2, 0.25) is 0 Å². The van der Waals surface area contributed by atoms with Gasteiger partial charge in [-0.05, 0) is 24.3 Å². The molecular weight excluding hydrogens is 343 g/mol. The third-order valence-electron chi connectivity index (χ3n) is 5.11. The summed E-state index contributed by atoms with van der Waals surface area (Å²) < 4.78 is 44.3. The standard InChI is InChI=1S/C19H20F3N3O/c20-19(21,22)14-3-4-16-17(5-11-26-18(16)12-14)25-9-7-24(8-10-25)15-2-1-6-23-13-15/h1-4,6,12-13,17H,5,7-11H2. The fourth-order valence-corrected chi connectivity index (χ4v) is 3.76. The fourth-order valence-electron chi connectivity index (χ4n) is 3.76. The lowest BCUT2D eigenvalue weighted by atomic mass is 9.96. The minimum absolute atomic E-state index is 0.108. The molecule has 1 aromatic carbocycles. The van der Waals surface area contributed by atoms with Gasteiger partial charge in [-0.1, -0.05) is 6.07 Å². The van der Waals surface area contributed by atoms with Gasteiger partial charge in [0.1, 0.15) is 5.75 Å². The molecule has 26 heavy (non-hydrogen) atoms. The van der Waals surface area contributed by atoms with Crippen LogP contribution < -0.4 is 9.64 Å². The average Bonchev–Trinajstić information content (AvgIpc) is 2.67. The van der Waals surface area contributed by atoms with E-state index in [-0.39, 0.29) is 6.04 Å². The molecule has 7 heteroatoms. The van der Waals surface area contributed by atoms with Crippen LogP contribution in [0.15, 0.2) is 42.7 Å². The minimum atomic E-state index is -4.35. The molecule has 4 nitrogen and oxygen atoms in total. The molecule has 2 aromatic rings. The summed E-state index contributed by atoms with van der Waals surface area (Å²) in [6.07, 6.45) is 0.0674. The first-order chi connectivity index (χ1) is 12.5. The summed E-state index contributed by atoms with van der Waals surface area (Å²) in [4.78, 5) is 8.80. The van der Waals surface area contributed by atoms with Crippen LogP contribution >= 0.6 is 0 Å². The summed E-state index contributed by atoms with van der Waals surface area (Å²) in [6, 6.07) is 7.95. The number of aromatic nitrogens is 1. The SMILES string of the molecule is FC(F)(F)c1ccc2c(c1)OCCC2N1CCN(c2cccnc2)CC1. The second-order valence-corrected chi connectivity index (χ2v) is 6.64. The molecule has 0 radical (unpaired) electrons. The van der Waals surface area contributed by atoms with Crippen LogP contribution in [0.1, 0.15) is 23.6 Å². The molecule has 3 heterocycles. The zero-order valence-corrected chi connectivity index (χ0v) is 14.2. The Kier molecular flexibility index (Phi) is 4.48. The number of hydrogen-bond donors (Lipinski definition) is 0. The highest BCUT2D eigenvalue weighted by molar-refractivity contribution is 5.45. The van der Waals surface area contributed by atoms with E-state index >= 15 is 0 Å². The quantitative estimate of drug-likeness (QED) is 0.813. The van der Waals surface area contributed by atoms with Crippen molar-refractivity contribution in [2.45, 2.75) is 18.6 Å². The fraction of sp³-hybridized carbons (Fsp3) is 0.421. The Balaban J connectivity index is 1.49. The Labute approximate surface area is 150 Å². The molecule has 0 N–H and O–H groups in total. The van der Waals surface area contributed by atoms with Gasteiger partial charge >= 0.3 is 6.18 Å². The van der Waals surface area contributed by atoms with Crippen molar-refractivity contribution in [2.24, 2.45) is 0 Å². The summed E-state index contributed by atoms with van der Waals surface area (Å²) >= 11 is 0. The van der Waals surface area contributed by atoms with Gasteiger partial charge < -0.3 is 9.64 Å². The van der Waals surface area contributed by atoms with Crippen LogP contribution in [-0.4, -0.2) is 42.7 Å².